The molecule has 4 rings (SSSR count). The van der Waals surface area contributed by atoms with Crippen LogP contribution in [-0.4, -0.2) is 32.2 Å². The third kappa shape index (κ3) is 3.29. The number of hydrogen-bond acceptors (Lipinski definition) is 6. The van der Waals surface area contributed by atoms with Gasteiger partial charge in [0.2, 0.25) is 11.6 Å². The molecule has 1 aromatic carbocycles. The first kappa shape index (κ1) is 16.9. The van der Waals surface area contributed by atoms with Gasteiger partial charge in [-0.3, -0.25) is 19.1 Å². The van der Waals surface area contributed by atoms with Crippen molar-refractivity contribution < 1.29 is 4.79 Å². The summed E-state index contributed by atoms with van der Waals surface area (Å²) >= 11 is 0. The molecule has 8 nitrogen and oxygen atoms in total. The van der Waals surface area contributed by atoms with Gasteiger partial charge in [0.05, 0.1) is 12.2 Å². The second-order valence-corrected chi connectivity index (χ2v) is 6.30. The van der Waals surface area contributed by atoms with Gasteiger partial charge in [0.1, 0.15) is 0 Å². The Hall–Kier alpha value is -3.55. The van der Waals surface area contributed by atoms with Crippen molar-refractivity contribution in [2.75, 3.05) is 11.4 Å². The van der Waals surface area contributed by atoms with Crippen LogP contribution in [0.3, 0.4) is 0 Å². The van der Waals surface area contributed by atoms with Gasteiger partial charge in [0.25, 0.3) is 11.5 Å². The van der Waals surface area contributed by atoms with Gasteiger partial charge in [-0.25, -0.2) is 0 Å². The summed E-state index contributed by atoms with van der Waals surface area (Å²) in [4.78, 5) is 31.1. The highest BCUT2D eigenvalue weighted by atomic mass is 16.2. The number of fused-ring (bicyclic) bond motifs is 1. The molecule has 0 unspecified atom stereocenters. The molecule has 0 radical (unpaired) electrons. The van der Waals surface area contributed by atoms with Crippen molar-refractivity contribution in [1.29, 1.82) is 0 Å². The van der Waals surface area contributed by atoms with Gasteiger partial charge in [0.15, 0.2) is 0 Å². The number of rotatable bonds is 4. The molecule has 0 spiro atoms. The maximum Gasteiger partial charge on any atom is 0.286 e. The Morgan fingerprint density at radius 2 is 1.93 bits per heavy atom. The highest BCUT2D eigenvalue weighted by Gasteiger charge is 2.27. The van der Waals surface area contributed by atoms with Crippen LogP contribution in [0.4, 0.5) is 11.6 Å². The molecule has 0 saturated carbocycles. The molecule has 1 N–H and O–H groups in total. The predicted molar refractivity (Wildman–Crippen MR) is 99.9 cm³/mol. The minimum Gasteiger partial charge on any atom is -0.345 e. The molecule has 0 aliphatic carbocycles. The van der Waals surface area contributed by atoms with Crippen molar-refractivity contribution in [1.82, 2.24) is 25.1 Å². The number of anilines is 2. The molecule has 0 bridgehead atoms. The van der Waals surface area contributed by atoms with E-state index in [2.05, 4.69) is 20.5 Å². The highest BCUT2D eigenvalue weighted by molar-refractivity contribution is 5.91. The van der Waals surface area contributed by atoms with E-state index in [-0.39, 0.29) is 12.2 Å². The van der Waals surface area contributed by atoms with Gasteiger partial charge in [-0.2, -0.15) is 0 Å². The Kier molecular flexibility index (Phi) is 4.37. The van der Waals surface area contributed by atoms with Crippen molar-refractivity contribution in [3.05, 3.63) is 76.0 Å². The minimum absolute atomic E-state index is 0.208. The average Bonchev–Trinajstić information content (AvgIpc) is 3.13. The number of nitrogens with zero attached hydrogens (tertiary/aromatic N) is 5. The average molecular weight is 362 g/mol. The van der Waals surface area contributed by atoms with E-state index in [9.17, 15) is 9.59 Å². The Labute approximate surface area is 155 Å². The smallest absolute Gasteiger partial charge is 0.286 e. The van der Waals surface area contributed by atoms with Gasteiger partial charge in [-0.05, 0) is 31.2 Å². The molecule has 1 amide bonds. The molecule has 27 heavy (non-hydrogen) atoms. The zero-order chi connectivity index (χ0) is 18.8. The topological polar surface area (TPSA) is 93.0 Å². The standard InChI is InChI=1S/C19H18N6O2/c1-13-5-7-15(8-6-13)24-10-11-25-18(27)16(22-23-19(24)25)17(26)21-12-14-4-2-3-9-20-14/h2-9H,10-12H2,1H3,(H,21,26). The lowest BCUT2D eigenvalue weighted by Gasteiger charge is -2.16. The summed E-state index contributed by atoms with van der Waals surface area (Å²) in [7, 11) is 0. The lowest BCUT2D eigenvalue weighted by molar-refractivity contribution is 0.0942. The number of benzene rings is 1. The van der Waals surface area contributed by atoms with Gasteiger partial charge in [0, 0.05) is 25.0 Å². The van der Waals surface area contributed by atoms with Crippen LogP contribution in [-0.2, 0) is 13.1 Å². The Morgan fingerprint density at radius 1 is 1.11 bits per heavy atom. The molecular weight excluding hydrogens is 344 g/mol. The molecule has 1 aliphatic heterocycles. The fourth-order valence-electron chi connectivity index (χ4n) is 2.98. The van der Waals surface area contributed by atoms with Crippen molar-refractivity contribution in [3.8, 4) is 0 Å². The van der Waals surface area contributed by atoms with E-state index in [1.807, 2.05) is 42.2 Å². The van der Waals surface area contributed by atoms with Crippen LogP contribution in [0, 0.1) is 6.92 Å². The van der Waals surface area contributed by atoms with Gasteiger partial charge in [-0.1, -0.05) is 23.8 Å². The first-order valence-electron chi connectivity index (χ1n) is 8.63. The molecule has 8 heteroatoms. The molecule has 0 fully saturated rings. The van der Waals surface area contributed by atoms with E-state index >= 15 is 0 Å². The van der Waals surface area contributed by atoms with Crippen LogP contribution in [0.25, 0.3) is 0 Å². The SMILES string of the molecule is Cc1ccc(N2CCn3c2nnc(C(=O)NCc2ccccn2)c3=O)cc1. The zero-order valence-electron chi connectivity index (χ0n) is 14.8. The largest absolute Gasteiger partial charge is 0.345 e. The summed E-state index contributed by atoms with van der Waals surface area (Å²) < 4.78 is 1.49. The van der Waals surface area contributed by atoms with Crippen LogP contribution in [0.2, 0.25) is 0 Å². The number of aromatic nitrogens is 4. The van der Waals surface area contributed by atoms with Crippen molar-refractivity contribution in [3.63, 3.8) is 0 Å². The van der Waals surface area contributed by atoms with E-state index in [0.29, 0.717) is 24.7 Å². The second-order valence-electron chi connectivity index (χ2n) is 6.30. The molecule has 1 aliphatic rings. The third-order valence-corrected chi connectivity index (χ3v) is 4.43. The van der Waals surface area contributed by atoms with Gasteiger partial charge < -0.3 is 10.2 Å². The summed E-state index contributed by atoms with van der Waals surface area (Å²) in [5.74, 6) is -0.104. The lowest BCUT2D eigenvalue weighted by Crippen LogP contribution is -2.34. The molecule has 3 heterocycles. The Morgan fingerprint density at radius 3 is 2.67 bits per heavy atom. The summed E-state index contributed by atoms with van der Waals surface area (Å²) in [5.41, 5.74) is 2.15. The maximum atomic E-state index is 12.7. The molecule has 0 atom stereocenters. The van der Waals surface area contributed by atoms with E-state index < -0.39 is 11.5 Å². The zero-order valence-corrected chi connectivity index (χ0v) is 14.8. The van der Waals surface area contributed by atoms with Crippen LogP contribution in [0.1, 0.15) is 21.7 Å². The number of amides is 1. The summed E-state index contributed by atoms with van der Waals surface area (Å²) in [6, 6.07) is 13.4. The summed E-state index contributed by atoms with van der Waals surface area (Å²) in [6.45, 7) is 3.30. The summed E-state index contributed by atoms with van der Waals surface area (Å²) in [5, 5.41) is 10.7. The summed E-state index contributed by atoms with van der Waals surface area (Å²) in [6.07, 6.45) is 1.64. The number of nitrogens with one attached hydrogen (secondary N) is 1. The monoisotopic (exact) mass is 362 g/mol. The number of carbonyl (C=O) groups excluding carboxylic acids is 1. The molecule has 3 aromatic rings. The fraction of sp³-hybridized carbons (Fsp3) is 0.211. The predicted octanol–water partition coefficient (Wildman–Crippen LogP) is 1.42. The van der Waals surface area contributed by atoms with E-state index in [1.54, 1.807) is 18.3 Å². The van der Waals surface area contributed by atoms with Crippen LogP contribution < -0.4 is 15.8 Å². The number of aryl methyl sites for hydroxylation is 1. The van der Waals surface area contributed by atoms with Gasteiger partial charge in [-0.15, -0.1) is 10.2 Å². The Balaban J connectivity index is 1.56. The minimum atomic E-state index is -0.553. The lowest BCUT2D eigenvalue weighted by atomic mass is 10.2. The highest BCUT2D eigenvalue weighted by Crippen LogP contribution is 2.26. The third-order valence-electron chi connectivity index (χ3n) is 4.43. The van der Waals surface area contributed by atoms with Crippen molar-refractivity contribution in [2.24, 2.45) is 0 Å². The quantitative estimate of drug-likeness (QED) is 0.755. The van der Waals surface area contributed by atoms with E-state index in [1.165, 1.54) is 4.57 Å². The first-order chi connectivity index (χ1) is 13.1. The number of hydrogen-bond donors (Lipinski definition) is 1. The van der Waals surface area contributed by atoms with Crippen molar-refractivity contribution >= 4 is 17.5 Å². The number of carbonyl (C=O) groups is 1. The van der Waals surface area contributed by atoms with E-state index in [0.717, 1.165) is 11.3 Å². The fourth-order valence-corrected chi connectivity index (χ4v) is 2.98. The van der Waals surface area contributed by atoms with Crippen LogP contribution >= 0.6 is 0 Å². The maximum absolute atomic E-state index is 12.7. The molecular formula is C19H18N6O2. The van der Waals surface area contributed by atoms with Gasteiger partial charge >= 0.3 is 0 Å². The second kappa shape index (κ2) is 6.99. The van der Waals surface area contributed by atoms with Crippen LogP contribution in [0.15, 0.2) is 53.5 Å². The molecule has 136 valence electrons. The Bertz CT molecular complexity index is 1030. The molecule has 2 aromatic heterocycles. The van der Waals surface area contributed by atoms with Crippen LogP contribution in [0.5, 0.6) is 0 Å². The van der Waals surface area contributed by atoms with E-state index in [4.69, 9.17) is 0 Å². The van der Waals surface area contributed by atoms with Crippen molar-refractivity contribution in [2.45, 2.75) is 20.0 Å². The normalized spacial score (nSPS) is 12.7. The number of pyridine rings is 1. The first-order valence-corrected chi connectivity index (χ1v) is 8.63. The molecule has 0 saturated heterocycles.